The third-order valence-electron chi connectivity index (χ3n) is 7.61. The van der Waals surface area contributed by atoms with Crippen LogP contribution >= 0.6 is 0 Å². The number of carbonyl (C=O) groups is 4. The summed E-state index contributed by atoms with van der Waals surface area (Å²) in [6.45, 7) is 7.80. The number of Topliss-reactive ketones (excluding diaryl/α,β-unsaturated/α-hetero) is 2. The van der Waals surface area contributed by atoms with Gasteiger partial charge in [-0.1, -0.05) is 7.43 Å². The number of rotatable bonds is 13. The second-order valence-electron chi connectivity index (χ2n) is 11.4. The van der Waals surface area contributed by atoms with E-state index in [1.54, 1.807) is 25.3 Å². The van der Waals surface area contributed by atoms with Crippen LogP contribution in [-0.4, -0.2) is 84.2 Å². The van der Waals surface area contributed by atoms with Crippen molar-refractivity contribution in [3.05, 3.63) is 47.5 Å². The van der Waals surface area contributed by atoms with Gasteiger partial charge in [0.1, 0.15) is 11.5 Å². The van der Waals surface area contributed by atoms with Crippen LogP contribution in [0.4, 0.5) is 13.2 Å². The largest absolute Gasteiger partial charge is 0.534 e. The van der Waals surface area contributed by atoms with E-state index < -0.39 is 69.4 Å². The molecule has 0 saturated carbocycles. The standard InChI is InChI=1S/C18H25BO6.C13H13F3O7S.CH4/c1-17(2)18(3,4)25-19(24-17)14-11-12(22-5)7-8-13(14)15(20)9-10-16(21)23-6;1-21-8-3-4-9(10(17)5-6-12(18)22-2)11(7-8)23-24(19,20)13(14,15)16;/h7-8,11H,9-10H2,1-6H3;3-4,7H,5-6H2,1-2H3;1H4. The van der Waals surface area contributed by atoms with Crippen molar-refractivity contribution in [2.24, 2.45) is 0 Å². The van der Waals surface area contributed by atoms with Crippen molar-refractivity contribution >= 4 is 46.2 Å². The molecule has 0 atom stereocenters. The zero-order valence-electron chi connectivity index (χ0n) is 28.2. The summed E-state index contributed by atoms with van der Waals surface area (Å²) in [5, 5.41) is 0. The van der Waals surface area contributed by atoms with Crippen LogP contribution in [0, 0.1) is 0 Å². The van der Waals surface area contributed by atoms with E-state index in [-0.39, 0.29) is 38.2 Å². The molecule has 1 aliphatic rings. The van der Waals surface area contributed by atoms with Gasteiger partial charge >= 0.3 is 34.7 Å². The Hall–Kier alpha value is -4.16. The van der Waals surface area contributed by atoms with E-state index in [0.717, 1.165) is 19.2 Å². The Balaban J connectivity index is 0.000000491. The lowest BCUT2D eigenvalue weighted by atomic mass is 9.74. The molecule has 13 nitrogen and oxygen atoms in total. The van der Waals surface area contributed by atoms with Crippen molar-refractivity contribution < 1.29 is 73.2 Å². The van der Waals surface area contributed by atoms with Gasteiger partial charge in [0.2, 0.25) is 0 Å². The Morgan fingerprint density at radius 2 is 1.14 bits per heavy atom. The third-order valence-corrected chi connectivity index (χ3v) is 8.57. The summed E-state index contributed by atoms with van der Waals surface area (Å²) in [6, 6.07) is 8.24. The highest BCUT2D eigenvalue weighted by atomic mass is 32.2. The molecule has 2 aromatic carbocycles. The molecule has 18 heteroatoms. The van der Waals surface area contributed by atoms with Crippen LogP contribution in [0.5, 0.6) is 17.2 Å². The van der Waals surface area contributed by atoms with Crippen molar-refractivity contribution in [1.82, 2.24) is 0 Å². The van der Waals surface area contributed by atoms with E-state index in [0.29, 0.717) is 16.8 Å². The number of alkyl halides is 3. The number of benzene rings is 2. The maximum absolute atomic E-state index is 12.6. The zero-order chi connectivity index (χ0) is 37.4. The fourth-order valence-electron chi connectivity index (χ4n) is 4.09. The summed E-state index contributed by atoms with van der Waals surface area (Å²) < 4.78 is 94.7. The van der Waals surface area contributed by atoms with Gasteiger partial charge in [0.25, 0.3) is 0 Å². The summed E-state index contributed by atoms with van der Waals surface area (Å²) in [5.41, 5.74) is -6.08. The molecule has 1 heterocycles. The molecule has 1 saturated heterocycles. The lowest BCUT2D eigenvalue weighted by Gasteiger charge is -2.32. The SMILES string of the molecule is C.COC(=O)CCC(=O)c1ccc(OC)cc1B1OC(C)(C)C(C)(C)O1.COC(=O)CCC(=O)c1ccc(OC)cc1OS(=O)(=O)C(F)(F)F. The van der Waals surface area contributed by atoms with Gasteiger partial charge in [-0.05, 0) is 63.5 Å². The van der Waals surface area contributed by atoms with E-state index in [9.17, 15) is 40.8 Å². The van der Waals surface area contributed by atoms with Gasteiger partial charge in [-0.2, -0.15) is 21.6 Å². The number of halogens is 3. The van der Waals surface area contributed by atoms with Gasteiger partial charge in [0, 0.05) is 24.5 Å². The van der Waals surface area contributed by atoms with Gasteiger partial charge in [-0.15, -0.1) is 0 Å². The predicted molar refractivity (Wildman–Crippen MR) is 175 cm³/mol. The fourth-order valence-corrected chi connectivity index (χ4v) is 4.55. The zero-order valence-corrected chi connectivity index (χ0v) is 29.0. The first-order valence-electron chi connectivity index (χ1n) is 14.5. The van der Waals surface area contributed by atoms with Gasteiger partial charge < -0.3 is 32.4 Å². The molecule has 0 unspecified atom stereocenters. The van der Waals surface area contributed by atoms with Gasteiger partial charge in [0.05, 0.1) is 58.0 Å². The maximum atomic E-state index is 12.6. The predicted octanol–water partition coefficient (Wildman–Crippen LogP) is 4.83. The molecule has 2 aromatic rings. The minimum atomic E-state index is -5.97. The highest BCUT2D eigenvalue weighted by molar-refractivity contribution is 7.88. The summed E-state index contributed by atoms with van der Waals surface area (Å²) >= 11 is 0. The highest BCUT2D eigenvalue weighted by Crippen LogP contribution is 2.37. The second kappa shape index (κ2) is 17.7. The molecule has 0 N–H and O–H groups in total. The minimum absolute atomic E-state index is 0. The number of hydrogen-bond donors (Lipinski definition) is 0. The van der Waals surface area contributed by atoms with Crippen LogP contribution in [0.1, 0.15) is 81.5 Å². The number of methoxy groups -OCH3 is 4. The number of ketones is 2. The van der Waals surface area contributed by atoms with Crippen LogP contribution in [0.3, 0.4) is 0 Å². The Labute approximate surface area is 289 Å². The summed E-state index contributed by atoms with van der Waals surface area (Å²) in [7, 11) is -1.50. The van der Waals surface area contributed by atoms with Gasteiger partial charge in [-0.3, -0.25) is 19.2 Å². The van der Waals surface area contributed by atoms with E-state index in [1.807, 2.05) is 27.7 Å². The molecule has 3 rings (SSSR count). The average Bonchev–Trinajstić information content (AvgIpc) is 3.26. The summed E-state index contributed by atoms with van der Waals surface area (Å²) in [4.78, 5) is 47.0. The number of esters is 2. The molecule has 50 heavy (non-hydrogen) atoms. The molecule has 0 spiro atoms. The monoisotopic (exact) mass is 734 g/mol. The smallest absolute Gasteiger partial charge is 0.497 e. The topological polar surface area (TPSA) is 167 Å². The number of carbonyl (C=O) groups excluding carboxylic acids is 4. The van der Waals surface area contributed by atoms with Gasteiger partial charge in [-0.25, -0.2) is 0 Å². The Morgan fingerprint density at radius 3 is 1.56 bits per heavy atom. The summed E-state index contributed by atoms with van der Waals surface area (Å²) in [6.07, 6.45) is -0.635. The molecule has 0 aliphatic carbocycles. The minimum Gasteiger partial charge on any atom is -0.497 e. The van der Waals surface area contributed by atoms with Crippen LogP contribution in [-0.2, 0) is 38.5 Å². The molecular formula is C32H42BF3O13S. The molecule has 1 aliphatic heterocycles. The molecule has 1 fully saturated rings. The van der Waals surface area contributed by atoms with Crippen molar-refractivity contribution in [1.29, 1.82) is 0 Å². The molecular weight excluding hydrogens is 692 g/mol. The normalized spacial score (nSPS) is 14.7. The lowest BCUT2D eigenvalue weighted by molar-refractivity contribution is -0.141. The third kappa shape index (κ3) is 11.2. The van der Waals surface area contributed by atoms with E-state index >= 15 is 0 Å². The van der Waals surface area contributed by atoms with Crippen LogP contribution in [0.2, 0.25) is 0 Å². The quantitative estimate of drug-likeness (QED) is 0.0904. The van der Waals surface area contributed by atoms with Crippen molar-refractivity contribution in [2.45, 2.75) is 77.5 Å². The molecule has 0 amide bonds. The Morgan fingerprint density at radius 1 is 0.720 bits per heavy atom. The van der Waals surface area contributed by atoms with E-state index in [4.69, 9.17) is 18.8 Å². The van der Waals surface area contributed by atoms with Crippen molar-refractivity contribution in [2.75, 3.05) is 28.4 Å². The van der Waals surface area contributed by atoms with E-state index in [2.05, 4.69) is 13.7 Å². The Kier molecular flexibility index (Phi) is 15.5. The maximum Gasteiger partial charge on any atom is 0.534 e. The number of ether oxygens (including phenoxy) is 4. The first-order valence-corrected chi connectivity index (χ1v) is 16.0. The molecule has 0 bridgehead atoms. The second-order valence-corrected chi connectivity index (χ2v) is 12.9. The van der Waals surface area contributed by atoms with Crippen LogP contribution in [0.15, 0.2) is 36.4 Å². The van der Waals surface area contributed by atoms with Crippen molar-refractivity contribution in [3.8, 4) is 17.2 Å². The van der Waals surface area contributed by atoms with Crippen LogP contribution < -0.4 is 19.1 Å². The first kappa shape index (κ1) is 43.9. The fraction of sp³-hybridized carbons (Fsp3) is 0.500. The molecule has 278 valence electrons. The average molecular weight is 735 g/mol. The molecule has 0 radical (unpaired) electrons. The van der Waals surface area contributed by atoms with Gasteiger partial charge in [0.15, 0.2) is 17.3 Å². The Bertz CT molecular complexity index is 1620. The summed E-state index contributed by atoms with van der Waals surface area (Å²) in [5.74, 6) is -2.35. The molecule has 0 aromatic heterocycles. The number of hydrogen-bond acceptors (Lipinski definition) is 13. The van der Waals surface area contributed by atoms with E-state index in [1.165, 1.54) is 20.3 Å². The van der Waals surface area contributed by atoms with Crippen molar-refractivity contribution in [3.63, 3.8) is 0 Å². The first-order chi connectivity index (χ1) is 22.6. The highest BCUT2D eigenvalue weighted by Gasteiger charge is 2.52. The van der Waals surface area contributed by atoms with Crippen LogP contribution in [0.25, 0.3) is 0 Å². The lowest BCUT2D eigenvalue weighted by Crippen LogP contribution is -2.41.